The summed E-state index contributed by atoms with van der Waals surface area (Å²) in [6, 6.07) is 12.0. The zero-order valence-corrected chi connectivity index (χ0v) is 12.9. The van der Waals surface area contributed by atoms with Crippen molar-refractivity contribution in [2.24, 2.45) is 5.92 Å². The highest BCUT2D eigenvalue weighted by Gasteiger charge is 2.29. The Balaban J connectivity index is 1.76. The van der Waals surface area contributed by atoms with Crippen LogP contribution in [0.15, 0.2) is 36.4 Å². The van der Waals surface area contributed by atoms with E-state index in [0.29, 0.717) is 5.82 Å². The number of nitrogens with zero attached hydrogens (tertiary/aromatic N) is 3. The summed E-state index contributed by atoms with van der Waals surface area (Å²) >= 11 is 0. The van der Waals surface area contributed by atoms with E-state index < -0.39 is 0 Å². The fraction of sp³-hybridized carbons (Fsp3) is 0.353. The Bertz CT molecular complexity index is 665. The van der Waals surface area contributed by atoms with Crippen LogP contribution in [0, 0.1) is 12.8 Å². The standard InChI is InChI=1S/C17H20N4O/c1-3-21(14-6-4-5-12(2)11-14)16-10-9-15(19-20-16)18-17(22)13-7-8-13/h4-6,9-11,13H,3,7-8H2,1-2H3,(H,18,19,22). The van der Waals surface area contributed by atoms with Crippen molar-refractivity contribution in [1.82, 2.24) is 10.2 Å². The molecule has 5 nitrogen and oxygen atoms in total. The third kappa shape index (κ3) is 3.24. The Labute approximate surface area is 130 Å². The van der Waals surface area contributed by atoms with Crippen LogP contribution in [0.4, 0.5) is 17.3 Å². The number of aromatic nitrogens is 2. The Morgan fingerprint density at radius 1 is 1.27 bits per heavy atom. The molecule has 1 heterocycles. The minimum Gasteiger partial charge on any atom is -0.325 e. The normalized spacial score (nSPS) is 13.7. The summed E-state index contributed by atoms with van der Waals surface area (Å²) in [5.74, 6) is 1.51. The van der Waals surface area contributed by atoms with Crippen molar-refractivity contribution in [2.45, 2.75) is 26.7 Å². The molecule has 1 aromatic carbocycles. The molecular formula is C17H20N4O. The summed E-state index contributed by atoms with van der Waals surface area (Å²) in [6.07, 6.45) is 1.96. The number of amides is 1. The van der Waals surface area contributed by atoms with Crippen molar-refractivity contribution in [3.63, 3.8) is 0 Å². The lowest BCUT2D eigenvalue weighted by Gasteiger charge is -2.22. The van der Waals surface area contributed by atoms with Crippen molar-refractivity contribution in [3.05, 3.63) is 42.0 Å². The summed E-state index contributed by atoms with van der Waals surface area (Å²) in [6.45, 7) is 4.94. The predicted octanol–water partition coefficient (Wildman–Crippen LogP) is 3.29. The van der Waals surface area contributed by atoms with E-state index in [0.717, 1.165) is 30.9 Å². The van der Waals surface area contributed by atoms with Crippen LogP contribution in [0.5, 0.6) is 0 Å². The fourth-order valence-electron chi connectivity index (χ4n) is 2.38. The van der Waals surface area contributed by atoms with Crippen LogP contribution in [0.1, 0.15) is 25.3 Å². The maximum Gasteiger partial charge on any atom is 0.228 e. The number of rotatable bonds is 5. The molecule has 1 aliphatic carbocycles. The van der Waals surface area contributed by atoms with Crippen molar-refractivity contribution in [1.29, 1.82) is 0 Å². The molecule has 2 aromatic rings. The van der Waals surface area contributed by atoms with Gasteiger partial charge in [0.1, 0.15) is 0 Å². The number of carbonyl (C=O) groups excluding carboxylic acids is 1. The van der Waals surface area contributed by atoms with Crippen LogP contribution < -0.4 is 10.2 Å². The van der Waals surface area contributed by atoms with E-state index in [9.17, 15) is 4.79 Å². The van der Waals surface area contributed by atoms with E-state index >= 15 is 0 Å². The number of hydrogen-bond donors (Lipinski definition) is 1. The van der Waals surface area contributed by atoms with Crippen LogP contribution in [0.25, 0.3) is 0 Å². The molecule has 0 aliphatic heterocycles. The number of hydrogen-bond acceptors (Lipinski definition) is 4. The zero-order chi connectivity index (χ0) is 15.5. The van der Waals surface area contributed by atoms with Gasteiger partial charge in [-0.2, -0.15) is 0 Å². The van der Waals surface area contributed by atoms with Gasteiger partial charge in [-0.1, -0.05) is 12.1 Å². The second-order valence-corrected chi connectivity index (χ2v) is 5.62. The maximum atomic E-state index is 11.7. The van der Waals surface area contributed by atoms with Gasteiger partial charge in [0.25, 0.3) is 0 Å². The van der Waals surface area contributed by atoms with Crippen LogP contribution in [-0.2, 0) is 4.79 Å². The second kappa shape index (κ2) is 6.13. The molecule has 0 saturated heterocycles. The largest absolute Gasteiger partial charge is 0.325 e. The number of carbonyl (C=O) groups is 1. The molecule has 22 heavy (non-hydrogen) atoms. The summed E-state index contributed by atoms with van der Waals surface area (Å²) in [5.41, 5.74) is 2.30. The minimum absolute atomic E-state index is 0.0491. The summed E-state index contributed by atoms with van der Waals surface area (Å²) in [5, 5.41) is 11.2. The molecule has 1 aromatic heterocycles. The molecule has 1 saturated carbocycles. The molecule has 1 fully saturated rings. The van der Waals surface area contributed by atoms with E-state index in [-0.39, 0.29) is 11.8 Å². The summed E-state index contributed by atoms with van der Waals surface area (Å²) in [7, 11) is 0. The molecule has 0 spiro atoms. The molecule has 0 radical (unpaired) electrons. The van der Waals surface area contributed by atoms with Gasteiger partial charge in [-0.05, 0) is 56.5 Å². The number of benzene rings is 1. The third-order valence-electron chi connectivity index (χ3n) is 3.76. The molecule has 114 valence electrons. The Morgan fingerprint density at radius 3 is 2.68 bits per heavy atom. The van der Waals surface area contributed by atoms with Gasteiger partial charge in [-0.25, -0.2) is 0 Å². The smallest absolute Gasteiger partial charge is 0.228 e. The SMILES string of the molecule is CCN(c1cccc(C)c1)c1ccc(NC(=O)C2CC2)nn1. The first-order valence-corrected chi connectivity index (χ1v) is 7.66. The molecule has 3 rings (SSSR count). The molecule has 1 amide bonds. The topological polar surface area (TPSA) is 58.1 Å². The van der Waals surface area contributed by atoms with Gasteiger partial charge in [0.15, 0.2) is 11.6 Å². The lowest BCUT2D eigenvalue weighted by Crippen LogP contribution is -2.19. The molecule has 1 N–H and O–H groups in total. The monoisotopic (exact) mass is 296 g/mol. The van der Waals surface area contributed by atoms with Gasteiger partial charge >= 0.3 is 0 Å². The molecule has 5 heteroatoms. The lowest BCUT2D eigenvalue weighted by atomic mass is 10.2. The number of anilines is 3. The van der Waals surface area contributed by atoms with Crippen LogP contribution in [0.3, 0.4) is 0 Å². The van der Waals surface area contributed by atoms with Crippen molar-refractivity contribution >= 4 is 23.2 Å². The first kappa shape index (κ1) is 14.5. The van der Waals surface area contributed by atoms with E-state index in [2.05, 4.69) is 52.5 Å². The van der Waals surface area contributed by atoms with Crippen LogP contribution >= 0.6 is 0 Å². The highest BCUT2D eigenvalue weighted by molar-refractivity contribution is 5.93. The molecular weight excluding hydrogens is 276 g/mol. The quantitative estimate of drug-likeness (QED) is 0.919. The fourth-order valence-corrected chi connectivity index (χ4v) is 2.38. The van der Waals surface area contributed by atoms with Crippen molar-refractivity contribution < 1.29 is 4.79 Å². The first-order valence-electron chi connectivity index (χ1n) is 7.66. The molecule has 0 bridgehead atoms. The van der Waals surface area contributed by atoms with Crippen LogP contribution in [0.2, 0.25) is 0 Å². The van der Waals surface area contributed by atoms with Crippen molar-refractivity contribution in [2.75, 3.05) is 16.8 Å². The molecule has 1 aliphatic rings. The van der Waals surface area contributed by atoms with Gasteiger partial charge in [0.05, 0.1) is 0 Å². The predicted molar refractivity (Wildman–Crippen MR) is 87.2 cm³/mol. The van der Waals surface area contributed by atoms with Crippen molar-refractivity contribution in [3.8, 4) is 0 Å². The van der Waals surface area contributed by atoms with E-state index in [1.54, 1.807) is 6.07 Å². The van der Waals surface area contributed by atoms with Gasteiger partial charge in [0, 0.05) is 18.2 Å². The summed E-state index contributed by atoms with van der Waals surface area (Å²) in [4.78, 5) is 13.8. The van der Waals surface area contributed by atoms with E-state index in [4.69, 9.17) is 0 Å². The zero-order valence-electron chi connectivity index (χ0n) is 12.9. The molecule has 0 atom stereocenters. The Kier molecular flexibility index (Phi) is 4.04. The maximum absolute atomic E-state index is 11.7. The van der Waals surface area contributed by atoms with Gasteiger partial charge in [-0.3, -0.25) is 4.79 Å². The third-order valence-corrected chi connectivity index (χ3v) is 3.76. The highest BCUT2D eigenvalue weighted by Crippen LogP contribution is 2.30. The van der Waals surface area contributed by atoms with Gasteiger partial charge < -0.3 is 10.2 Å². The lowest BCUT2D eigenvalue weighted by molar-refractivity contribution is -0.117. The number of aryl methyl sites for hydroxylation is 1. The average Bonchev–Trinajstić information content (AvgIpc) is 3.35. The number of nitrogens with one attached hydrogen (secondary N) is 1. The molecule has 0 unspecified atom stereocenters. The van der Waals surface area contributed by atoms with Gasteiger partial charge in [0.2, 0.25) is 5.91 Å². The second-order valence-electron chi connectivity index (χ2n) is 5.62. The first-order chi connectivity index (χ1) is 10.7. The minimum atomic E-state index is 0.0491. The highest BCUT2D eigenvalue weighted by atomic mass is 16.2. The van der Waals surface area contributed by atoms with Gasteiger partial charge in [-0.15, -0.1) is 10.2 Å². The van der Waals surface area contributed by atoms with Crippen LogP contribution in [-0.4, -0.2) is 22.6 Å². The average molecular weight is 296 g/mol. The Morgan fingerprint density at radius 2 is 2.09 bits per heavy atom. The van der Waals surface area contributed by atoms with E-state index in [1.807, 2.05) is 12.1 Å². The Hall–Kier alpha value is -2.43. The van der Waals surface area contributed by atoms with E-state index in [1.165, 1.54) is 5.56 Å². The summed E-state index contributed by atoms with van der Waals surface area (Å²) < 4.78 is 0.